The van der Waals surface area contributed by atoms with Crippen molar-refractivity contribution in [1.29, 1.82) is 0 Å². The Morgan fingerprint density at radius 1 is 1.50 bits per heavy atom. The van der Waals surface area contributed by atoms with Gasteiger partial charge < -0.3 is 15.8 Å². The summed E-state index contributed by atoms with van der Waals surface area (Å²) in [5.74, 6) is -1.11. The molecular formula is C13H16ClFN2O3. The summed E-state index contributed by atoms with van der Waals surface area (Å²) in [6.07, 6.45) is -1.02. The highest BCUT2D eigenvalue weighted by atomic mass is 35.5. The van der Waals surface area contributed by atoms with E-state index >= 15 is 0 Å². The normalized spacial score (nSPS) is 11.8. The third kappa shape index (κ3) is 4.70. The Kier molecular flexibility index (Phi) is 6.24. The number of halogens is 2. The number of amides is 2. The molecule has 0 heterocycles. The van der Waals surface area contributed by atoms with Crippen molar-refractivity contribution in [1.82, 2.24) is 5.32 Å². The number of carbonyl (C=O) groups is 2. The van der Waals surface area contributed by atoms with Crippen molar-refractivity contribution in [2.75, 3.05) is 0 Å². The van der Waals surface area contributed by atoms with Crippen LogP contribution in [0.3, 0.4) is 0 Å². The van der Waals surface area contributed by atoms with Gasteiger partial charge in [0.15, 0.2) is 6.10 Å². The van der Waals surface area contributed by atoms with Gasteiger partial charge in [-0.15, -0.1) is 0 Å². The van der Waals surface area contributed by atoms with E-state index in [0.717, 1.165) is 0 Å². The van der Waals surface area contributed by atoms with Gasteiger partial charge in [-0.2, -0.15) is 0 Å². The number of hydrogen-bond acceptors (Lipinski definition) is 3. The highest BCUT2D eigenvalue weighted by Gasteiger charge is 2.21. The van der Waals surface area contributed by atoms with Crippen molar-refractivity contribution in [3.8, 4) is 0 Å². The van der Waals surface area contributed by atoms with Crippen LogP contribution in [0.5, 0.6) is 0 Å². The molecule has 20 heavy (non-hydrogen) atoms. The molecule has 0 saturated heterocycles. The first-order valence-electron chi connectivity index (χ1n) is 6.12. The molecule has 1 aromatic carbocycles. The Labute approximate surface area is 121 Å². The van der Waals surface area contributed by atoms with Crippen LogP contribution in [-0.4, -0.2) is 18.1 Å². The molecule has 1 rings (SSSR count). The van der Waals surface area contributed by atoms with Crippen molar-refractivity contribution in [3.63, 3.8) is 0 Å². The minimum Gasteiger partial charge on any atom is -0.436 e. The molecule has 0 aliphatic carbocycles. The Bertz CT molecular complexity index is 497. The van der Waals surface area contributed by atoms with E-state index in [1.165, 1.54) is 12.1 Å². The van der Waals surface area contributed by atoms with Crippen LogP contribution >= 0.6 is 11.6 Å². The first-order valence-corrected chi connectivity index (χ1v) is 6.50. The average Bonchev–Trinajstić information content (AvgIpc) is 2.39. The second kappa shape index (κ2) is 7.69. The van der Waals surface area contributed by atoms with E-state index in [2.05, 4.69) is 5.32 Å². The zero-order chi connectivity index (χ0) is 15.1. The van der Waals surface area contributed by atoms with Crippen LogP contribution in [0.2, 0.25) is 5.02 Å². The zero-order valence-corrected chi connectivity index (χ0v) is 11.7. The predicted molar refractivity (Wildman–Crippen MR) is 72.6 cm³/mol. The van der Waals surface area contributed by atoms with Crippen molar-refractivity contribution in [3.05, 3.63) is 34.6 Å². The van der Waals surface area contributed by atoms with Crippen LogP contribution in [0.1, 0.15) is 25.3 Å². The molecule has 0 radical (unpaired) electrons. The summed E-state index contributed by atoms with van der Waals surface area (Å²) < 4.78 is 18.3. The largest absolute Gasteiger partial charge is 0.436 e. The molecule has 7 heteroatoms. The minimum absolute atomic E-state index is 0.0183. The van der Waals surface area contributed by atoms with Crippen molar-refractivity contribution < 1.29 is 18.7 Å². The molecule has 0 fully saturated rings. The van der Waals surface area contributed by atoms with E-state index in [1.807, 2.05) is 6.92 Å². The topological polar surface area (TPSA) is 81.4 Å². The number of primary amides is 1. The average molecular weight is 303 g/mol. The molecule has 0 aliphatic rings. The van der Waals surface area contributed by atoms with Crippen LogP contribution in [0, 0.1) is 5.82 Å². The zero-order valence-electron chi connectivity index (χ0n) is 11.0. The Morgan fingerprint density at radius 2 is 2.20 bits per heavy atom. The number of hydrogen-bond donors (Lipinski definition) is 2. The first-order chi connectivity index (χ1) is 9.45. The molecule has 0 bridgehead atoms. The second-order valence-corrected chi connectivity index (χ2v) is 4.55. The summed E-state index contributed by atoms with van der Waals surface area (Å²) in [7, 11) is 0. The molecule has 0 unspecified atom stereocenters. The molecular weight excluding hydrogens is 287 g/mol. The number of nitrogens with two attached hydrogens (primary N) is 1. The summed E-state index contributed by atoms with van der Waals surface area (Å²) >= 11 is 5.64. The molecule has 0 aliphatic heterocycles. The lowest BCUT2D eigenvalue weighted by molar-refractivity contribution is -0.129. The van der Waals surface area contributed by atoms with E-state index in [0.29, 0.717) is 12.8 Å². The fourth-order valence-corrected chi connectivity index (χ4v) is 1.82. The number of rotatable bonds is 6. The maximum Gasteiger partial charge on any atom is 0.405 e. The van der Waals surface area contributed by atoms with Crippen LogP contribution in [0.15, 0.2) is 18.2 Å². The molecule has 5 nitrogen and oxygen atoms in total. The van der Waals surface area contributed by atoms with Crippen molar-refractivity contribution in [2.24, 2.45) is 5.73 Å². The maximum absolute atomic E-state index is 13.6. The SMILES string of the molecule is CCC[C@H](OC(N)=O)C(=O)NCc1cccc(Cl)c1F. The summed E-state index contributed by atoms with van der Waals surface area (Å²) in [4.78, 5) is 22.5. The number of benzene rings is 1. The standard InChI is InChI=1S/C13H16ClFN2O3/c1-2-4-10(20-13(16)19)12(18)17-7-8-5-3-6-9(14)11(8)15/h3,5-6,10H,2,4,7H2,1H3,(H2,16,19)(H,17,18)/t10-/m0/s1. The number of carbonyl (C=O) groups excluding carboxylic acids is 2. The molecule has 1 aromatic rings. The van der Waals surface area contributed by atoms with E-state index in [9.17, 15) is 14.0 Å². The lowest BCUT2D eigenvalue weighted by atomic mass is 10.1. The number of ether oxygens (including phenoxy) is 1. The smallest absolute Gasteiger partial charge is 0.405 e. The third-order valence-corrected chi connectivity index (χ3v) is 2.88. The van der Waals surface area contributed by atoms with E-state index in [1.54, 1.807) is 6.07 Å². The Balaban J connectivity index is 2.64. The molecule has 110 valence electrons. The summed E-state index contributed by atoms with van der Waals surface area (Å²) in [6, 6.07) is 4.50. The molecule has 3 N–H and O–H groups in total. The van der Waals surface area contributed by atoms with Crippen LogP contribution in [-0.2, 0) is 16.1 Å². The lowest BCUT2D eigenvalue weighted by Gasteiger charge is -2.15. The van der Waals surface area contributed by atoms with Gasteiger partial charge in [0, 0.05) is 12.1 Å². The van der Waals surface area contributed by atoms with E-state index in [-0.39, 0.29) is 17.1 Å². The monoisotopic (exact) mass is 302 g/mol. The van der Waals surface area contributed by atoms with Gasteiger partial charge in [-0.1, -0.05) is 37.1 Å². The summed E-state index contributed by atoms with van der Waals surface area (Å²) in [6.45, 7) is 1.79. The molecule has 2 amide bonds. The van der Waals surface area contributed by atoms with Gasteiger partial charge in [-0.05, 0) is 12.5 Å². The van der Waals surface area contributed by atoms with Gasteiger partial charge >= 0.3 is 6.09 Å². The van der Waals surface area contributed by atoms with Gasteiger partial charge in [0.1, 0.15) is 5.82 Å². The fourth-order valence-electron chi connectivity index (χ4n) is 1.63. The van der Waals surface area contributed by atoms with Gasteiger partial charge in [0.05, 0.1) is 5.02 Å². The van der Waals surface area contributed by atoms with Crippen molar-refractivity contribution >= 4 is 23.6 Å². The highest BCUT2D eigenvalue weighted by Crippen LogP contribution is 2.17. The Hall–Kier alpha value is -1.82. The molecule has 0 spiro atoms. The molecule has 0 saturated carbocycles. The predicted octanol–water partition coefficient (Wildman–Crippen LogP) is 2.36. The highest BCUT2D eigenvalue weighted by molar-refractivity contribution is 6.30. The van der Waals surface area contributed by atoms with Gasteiger partial charge in [-0.25, -0.2) is 9.18 Å². The third-order valence-electron chi connectivity index (χ3n) is 2.59. The lowest BCUT2D eigenvalue weighted by Crippen LogP contribution is -2.38. The van der Waals surface area contributed by atoms with E-state index in [4.69, 9.17) is 22.1 Å². The quantitative estimate of drug-likeness (QED) is 0.846. The molecule has 1 atom stereocenters. The van der Waals surface area contributed by atoms with Gasteiger partial charge in [-0.3, -0.25) is 4.79 Å². The van der Waals surface area contributed by atoms with Crippen LogP contribution in [0.4, 0.5) is 9.18 Å². The van der Waals surface area contributed by atoms with E-state index < -0.39 is 23.9 Å². The summed E-state index contributed by atoms with van der Waals surface area (Å²) in [5, 5.41) is 2.47. The molecule has 0 aromatic heterocycles. The van der Waals surface area contributed by atoms with Gasteiger partial charge in [0.25, 0.3) is 5.91 Å². The number of nitrogens with one attached hydrogen (secondary N) is 1. The van der Waals surface area contributed by atoms with Crippen LogP contribution in [0.25, 0.3) is 0 Å². The summed E-state index contributed by atoms with van der Waals surface area (Å²) in [5.41, 5.74) is 5.14. The second-order valence-electron chi connectivity index (χ2n) is 4.14. The Morgan fingerprint density at radius 3 is 2.80 bits per heavy atom. The fraction of sp³-hybridized carbons (Fsp3) is 0.385. The minimum atomic E-state index is -1.02. The van der Waals surface area contributed by atoms with Crippen molar-refractivity contribution in [2.45, 2.75) is 32.4 Å². The van der Waals surface area contributed by atoms with Crippen LogP contribution < -0.4 is 11.1 Å². The maximum atomic E-state index is 13.6. The first kappa shape index (κ1) is 16.2. The van der Waals surface area contributed by atoms with Gasteiger partial charge in [0.2, 0.25) is 0 Å².